The smallest absolute Gasteiger partial charge is 0.264 e. The van der Waals surface area contributed by atoms with Gasteiger partial charge in [-0.1, -0.05) is 41.9 Å². The van der Waals surface area contributed by atoms with Gasteiger partial charge < -0.3 is 15.0 Å². The normalized spacial score (nSPS) is 13.3. The second kappa shape index (κ2) is 11.0. The summed E-state index contributed by atoms with van der Waals surface area (Å²) in [5.74, 6) is -0.566. The van der Waals surface area contributed by atoms with Crippen molar-refractivity contribution in [2.24, 2.45) is 0 Å². The van der Waals surface area contributed by atoms with Crippen molar-refractivity contribution in [2.45, 2.75) is 17.7 Å². The van der Waals surface area contributed by atoms with Gasteiger partial charge in [-0.15, -0.1) is 0 Å². The van der Waals surface area contributed by atoms with Gasteiger partial charge >= 0.3 is 0 Å². The highest BCUT2D eigenvalue weighted by Gasteiger charge is 2.30. The number of hydrogen-bond donors (Lipinski definition) is 1. The lowest BCUT2D eigenvalue weighted by Gasteiger charge is -2.26. The van der Waals surface area contributed by atoms with E-state index in [0.717, 1.165) is 17.1 Å². The molecule has 0 bridgehead atoms. The van der Waals surface area contributed by atoms with Crippen molar-refractivity contribution in [3.63, 3.8) is 0 Å². The van der Waals surface area contributed by atoms with Gasteiger partial charge in [-0.3, -0.25) is 13.9 Å². The van der Waals surface area contributed by atoms with Gasteiger partial charge in [0.1, 0.15) is 12.3 Å². The summed E-state index contributed by atoms with van der Waals surface area (Å²) in [6, 6.07) is 19.0. The van der Waals surface area contributed by atoms with Crippen molar-refractivity contribution < 1.29 is 22.7 Å². The van der Waals surface area contributed by atoms with Gasteiger partial charge in [0.05, 0.1) is 28.9 Å². The van der Waals surface area contributed by atoms with Crippen LogP contribution in [0.5, 0.6) is 5.75 Å². The summed E-state index contributed by atoms with van der Waals surface area (Å²) in [5.41, 5.74) is 0.783. The Labute approximate surface area is 215 Å². The van der Waals surface area contributed by atoms with Crippen molar-refractivity contribution in [3.05, 3.63) is 83.4 Å². The van der Waals surface area contributed by atoms with Crippen LogP contribution in [-0.2, 0) is 14.8 Å². The summed E-state index contributed by atoms with van der Waals surface area (Å²) in [6.07, 6.45) is 1.88. The van der Waals surface area contributed by atoms with Gasteiger partial charge in [0.15, 0.2) is 0 Å². The third-order valence-corrected chi connectivity index (χ3v) is 7.86. The van der Waals surface area contributed by atoms with E-state index in [-0.39, 0.29) is 27.3 Å². The van der Waals surface area contributed by atoms with E-state index in [9.17, 15) is 18.0 Å². The monoisotopic (exact) mass is 527 g/mol. The van der Waals surface area contributed by atoms with Gasteiger partial charge in [-0.2, -0.15) is 0 Å². The fourth-order valence-electron chi connectivity index (χ4n) is 4.07. The van der Waals surface area contributed by atoms with Crippen molar-refractivity contribution >= 4 is 44.8 Å². The molecule has 0 saturated carbocycles. The number of amides is 2. The maximum atomic E-state index is 13.6. The number of ether oxygens (including phenoxy) is 1. The van der Waals surface area contributed by atoms with Gasteiger partial charge in [-0.05, 0) is 55.3 Å². The molecule has 36 heavy (non-hydrogen) atoms. The van der Waals surface area contributed by atoms with Gasteiger partial charge in [0, 0.05) is 18.1 Å². The summed E-state index contributed by atoms with van der Waals surface area (Å²) < 4.78 is 33.6. The van der Waals surface area contributed by atoms with Crippen molar-refractivity contribution in [1.29, 1.82) is 0 Å². The number of anilines is 2. The van der Waals surface area contributed by atoms with E-state index < -0.39 is 22.5 Å². The Hall–Kier alpha value is -3.56. The summed E-state index contributed by atoms with van der Waals surface area (Å²) in [6.45, 7) is 0.762. The van der Waals surface area contributed by atoms with Crippen LogP contribution in [0.15, 0.2) is 77.7 Å². The Bertz CT molecular complexity index is 1360. The third kappa shape index (κ3) is 5.47. The van der Waals surface area contributed by atoms with E-state index >= 15 is 0 Å². The highest BCUT2D eigenvalue weighted by atomic mass is 35.5. The van der Waals surface area contributed by atoms with E-state index in [2.05, 4.69) is 5.32 Å². The van der Waals surface area contributed by atoms with E-state index in [0.29, 0.717) is 24.3 Å². The first-order chi connectivity index (χ1) is 17.3. The lowest BCUT2D eigenvalue weighted by atomic mass is 10.1. The minimum atomic E-state index is -4.17. The number of halogens is 1. The molecule has 0 spiro atoms. The van der Waals surface area contributed by atoms with Crippen molar-refractivity contribution in [1.82, 2.24) is 4.90 Å². The molecule has 3 aromatic rings. The molecule has 1 fully saturated rings. The first-order valence-corrected chi connectivity index (χ1v) is 13.2. The fourth-order valence-corrected chi connectivity index (χ4v) is 5.68. The maximum absolute atomic E-state index is 13.6. The SMILES string of the molecule is COc1ccc(Cl)cc1N(CC(=O)Nc1ccccc1C(=O)N1CCCC1)S(=O)(=O)c1ccccc1. The highest BCUT2D eigenvalue weighted by Crippen LogP contribution is 2.35. The number of methoxy groups -OCH3 is 1. The van der Waals surface area contributed by atoms with E-state index in [1.54, 1.807) is 53.4 Å². The Kier molecular flexibility index (Phi) is 7.81. The molecule has 1 aliphatic rings. The average molecular weight is 528 g/mol. The number of hydrogen-bond acceptors (Lipinski definition) is 5. The molecule has 1 aliphatic heterocycles. The zero-order chi connectivity index (χ0) is 25.7. The first-order valence-electron chi connectivity index (χ1n) is 11.4. The summed E-state index contributed by atoms with van der Waals surface area (Å²) >= 11 is 6.18. The zero-order valence-corrected chi connectivity index (χ0v) is 21.3. The van der Waals surface area contributed by atoms with E-state index in [1.807, 2.05) is 0 Å². The van der Waals surface area contributed by atoms with Crippen LogP contribution < -0.4 is 14.4 Å². The van der Waals surface area contributed by atoms with Crippen LogP contribution >= 0.6 is 11.6 Å². The fraction of sp³-hybridized carbons (Fsp3) is 0.231. The van der Waals surface area contributed by atoms with Gasteiger partial charge in [0.25, 0.3) is 15.9 Å². The second-order valence-electron chi connectivity index (χ2n) is 8.23. The number of nitrogens with one attached hydrogen (secondary N) is 1. The largest absolute Gasteiger partial charge is 0.495 e. The Balaban J connectivity index is 1.67. The molecule has 1 saturated heterocycles. The maximum Gasteiger partial charge on any atom is 0.264 e. The quantitative estimate of drug-likeness (QED) is 0.468. The molecule has 0 atom stereocenters. The number of carbonyl (C=O) groups excluding carboxylic acids is 2. The van der Waals surface area contributed by atoms with Crippen molar-refractivity contribution in [3.8, 4) is 5.75 Å². The molecule has 0 unspecified atom stereocenters. The minimum absolute atomic E-state index is 0.00411. The lowest BCUT2D eigenvalue weighted by molar-refractivity contribution is -0.114. The average Bonchev–Trinajstić information content (AvgIpc) is 3.43. The standard InChI is InChI=1S/C26H26ClN3O5S/c1-35-24-14-13-19(27)17-23(24)30(36(33,34)20-9-3-2-4-10-20)18-25(31)28-22-12-6-5-11-21(22)26(32)29-15-7-8-16-29/h2-6,9-14,17H,7-8,15-16,18H2,1H3,(H,28,31). The van der Waals surface area contributed by atoms with Crippen molar-refractivity contribution in [2.75, 3.05) is 36.4 Å². The molecule has 1 heterocycles. The number of carbonyl (C=O) groups is 2. The summed E-state index contributed by atoms with van der Waals surface area (Å²) in [4.78, 5) is 28.0. The van der Waals surface area contributed by atoms with Gasteiger partial charge in [0.2, 0.25) is 5.91 Å². The summed E-state index contributed by atoms with van der Waals surface area (Å²) in [5, 5.41) is 3.00. The van der Waals surface area contributed by atoms with Gasteiger partial charge in [-0.25, -0.2) is 8.42 Å². The third-order valence-electron chi connectivity index (χ3n) is 5.85. The molecule has 0 aromatic heterocycles. The van der Waals surface area contributed by atoms with Crippen LogP contribution in [0.25, 0.3) is 0 Å². The number of rotatable bonds is 8. The molecule has 8 nitrogen and oxygen atoms in total. The zero-order valence-electron chi connectivity index (χ0n) is 19.7. The Morgan fingerprint density at radius 2 is 1.67 bits per heavy atom. The predicted octanol–water partition coefficient (Wildman–Crippen LogP) is 4.42. The van der Waals surface area contributed by atoms with Crippen LogP contribution in [0.2, 0.25) is 5.02 Å². The van der Waals surface area contributed by atoms with Crippen LogP contribution in [0.3, 0.4) is 0 Å². The van der Waals surface area contributed by atoms with Crippen LogP contribution in [0.1, 0.15) is 23.2 Å². The molecular formula is C26H26ClN3O5S. The van der Waals surface area contributed by atoms with E-state index in [4.69, 9.17) is 16.3 Å². The number of sulfonamides is 1. The molecule has 1 N–H and O–H groups in total. The second-order valence-corrected chi connectivity index (χ2v) is 10.5. The molecule has 10 heteroatoms. The first kappa shape index (κ1) is 25.5. The number of nitrogens with zero attached hydrogens (tertiary/aromatic N) is 2. The summed E-state index contributed by atoms with van der Waals surface area (Å²) in [7, 11) is -2.77. The molecular weight excluding hydrogens is 502 g/mol. The van der Waals surface area contributed by atoms with E-state index in [1.165, 1.54) is 31.4 Å². The minimum Gasteiger partial charge on any atom is -0.495 e. The number of benzene rings is 3. The Morgan fingerprint density at radius 3 is 2.36 bits per heavy atom. The van der Waals surface area contributed by atoms with Crippen LogP contribution in [-0.4, -0.2) is 51.9 Å². The topological polar surface area (TPSA) is 96.0 Å². The molecule has 2 amide bonds. The molecule has 3 aromatic carbocycles. The van der Waals surface area contributed by atoms with Crippen LogP contribution in [0, 0.1) is 0 Å². The lowest BCUT2D eigenvalue weighted by Crippen LogP contribution is -2.38. The van der Waals surface area contributed by atoms with Crippen LogP contribution in [0.4, 0.5) is 11.4 Å². The molecule has 0 aliphatic carbocycles. The Morgan fingerprint density at radius 1 is 1.00 bits per heavy atom. The molecule has 4 rings (SSSR count). The predicted molar refractivity (Wildman–Crippen MR) is 139 cm³/mol. The molecule has 0 radical (unpaired) electrons. The molecule has 188 valence electrons. The number of likely N-dealkylation sites (tertiary alicyclic amines) is 1. The number of para-hydroxylation sites is 1. The highest BCUT2D eigenvalue weighted by molar-refractivity contribution is 7.92.